The molecule has 0 spiro atoms. The van der Waals surface area contributed by atoms with E-state index in [1.165, 1.54) is 0 Å². The van der Waals surface area contributed by atoms with E-state index in [4.69, 9.17) is 10.7 Å². The molecule has 0 aliphatic carbocycles. The van der Waals surface area contributed by atoms with Crippen molar-refractivity contribution in [3.63, 3.8) is 0 Å². The van der Waals surface area contributed by atoms with Crippen molar-refractivity contribution in [1.29, 1.82) is 0 Å². The van der Waals surface area contributed by atoms with Gasteiger partial charge in [0.15, 0.2) is 0 Å². The number of aryl methyl sites for hydroxylation is 1. The number of rotatable bonds is 2. The largest absolute Gasteiger partial charge is 0.261 e. The lowest BCUT2D eigenvalue weighted by Crippen LogP contribution is -1.96. The quantitative estimate of drug-likeness (QED) is 0.735. The van der Waals surface area contributed by atoms with Crippen molar-refractivity contribution in [2.45, 2.75) is 31.6 Å². The summed E-state index contributed by atoms with van der Waals surface area (Å²) in [6, 6.07) is 5.17. The van der Waals surface area contributed by atoms with Crippen molar-refractivity contribution in [1.82, 2.24) is 0 Å². The molecule has 0 atom stereocenters. The summed E-state index contributed by atoms with van der Waals surface area (Å²) in [5, 5.41) is 0. The van der Waals surface area contributed by atoms with Crippen molar-refractivity contribution >= 4 is 19.7 Å². The summed E-state index contributed by atoms with van der Waals surface area (Å²) in [7, 11) is 1.67. The predicted molar refractivity (Wildman–Crippen MR) is 58.3 cm³/mol. The van der Waals surface area contributed by atoms with Crippen LogP contribution in [0.5, 0.6) is 0 Å². The van der Waals surface area contributed by atoms with Gasteiger partial charge in [0, 0.05) is 10.7 Å². The van der Waals surface area contributed by atoms with E-state index in [0.29, 0.717) is 5.92 Å². The van der Waals surface area contributed by atoms with E-state index in [2.05, 4.69) is 0 Å². The molecule has 78 valence electrons. The predicted octanol–water partition coefficient (Wildman–Crippen LogP) is 3.05. The molecular formula is C10H13ClO2S. The Balaban J connectivity index is 3.35. The van der Waals surface area contributed by atoms with E-state index in [1.54, 1.807) is 12.1 Å². The molecule has 0 aromatic heterocycles. The van der Waals surface area contributed by atoms with Crippen LogP contribution in [0.25, 0.3) is 0 Å². The second kappa shape index (κ2) is 3.91. The Morgan fingerprint density at radius 1 is 1.21 bits per heavy atom. The summed E-state index contributed by atoms with van der Waals surface area (Å²) in [6.07, 6.45) is 0. The molecule has 4 heteroatoms. The van der Waals surface area contributed by atoms with Crippen LogP contribution in [0.2, 0.25) is 0 Å². The summed E-state index contributed by atoms with van der Waals surface area (Å²) < 4.78 is 22.3. The Hall–Kier alpha value is -0.540. The Morgan fingerprint density at radius 2 is 1.79 bits per heavy atom. The summed E-state index contributed by atoms with van der Waals surface area (Å²) in [4.78, 5) is 0.183. The van der Waals surface area contributed by atoms with Gasteiger partial charge >= 0.3 is 0 Å². The van der Waals surface area contributed by atoms with Crippen molar-refractivity contribution in [3.05, 3.63) is 29.3 Å². The van der Waals surface area contributed by atoms with Gasteiger partial charge in [0.2, 0.25) is 0 Å². The molecule has 0 bridgehead atoms. The lowest BCUT2D eigenvalue weighted by molar-refractivity contribution is 0.609. The first-order valence-electron chi connectivity index (χ1n) is 4.37. The molecule has 1 aromatic rings. The molecule has 2 nitrogen and oxygen atoms in total. The minimum absolute atomic E-state index is 0.183. The fraction of sp³-hybridized carbons (Fsp3) is 0.400. The van der Waals surface area contributed by atoms with Crippen LogP contribution < -0.4 is 0 Å². The van der Waals surface area contributed by atoms with Crippen LogP contribution in [0, 0.1) is 6.92 Å². The number of hydrogen-bond donors (Lipinski definition) is 0. The maximum atomic E-state index is 11.1. The molecule has 0 saturated carbocycles. The minimum atomic E-state index is -3.61. The molecule has 0 amide bonds. The van der Waals surface area contributed by atoms with E-state index in [0.717, 1.165) is 11.1 Å². The molecule has 14 heavy (non-hydrogen) atoms. The first-order chi connectivity index (χ1) is 6.30. The molecule has 0 saturated heterocycles. The van der Waals surface area contributed by atoms with Crippen molar-refractivity contribution in [2.24, 2.45) is 0 Å². The zero-order valence-corrected chi connectivity index (χ0v) is 9.98. The highest BCUT2D eigenvalue weighted by molar-refractivity contribution is 8.13. The van der Waals surface area contributed by atoms with Gasteiger partial charge in [-0.2, -0.15) is 0 Å². The van der Waals surface area contributed by atoms with Crippen LogP contribution in [0.3, 0.4) is 0 Å². The lowest BCUT2D eigenvalue weighted by Gasteiger charge is -2.08. The number of hydrogen-bond acceptors (Lipinski definition) is 2. The van der Waals surface area contributed by atoms with Gasteiger partial charge in [-0.3, -0.25) is 0 Å². The zero-order chi connectivity index (χ0) is 10.9. The second-order valence-electron chi connectivity index (χ2n) is 3.67. The third-order valence-corrected chi connectivity index (χ3v) is 3.35. The Labute approximate surface area is 89.3 Å². The van der Waals surface area contributed by atoms with E-state index in [9.17, 15) is 8.42 Å². The van der Waals surface area contributed by atoms with Gasteiger partial charge in [-0.05, 0) is 36.1 Å². The smallest absolute Gasteiger partial charge is 0.207 e. The van der Waals surface area contributed by atoms with Crippen molar-refractivity contribution in [2.75, 3.05) is 0 Å². The van der Waals surface area contributed by atoms with Crippen LogP contribution in [0.15, 0.2) is 23.1 Å². The first kappa shape index (κ1) is 11.5. The van der Waals surface area contributed by atoms with E-state index in [1.807, 2.05) is 26.8 Å². The molecule has 0 fully saturated rings. The number of benzene rings is 1. The van der Waals surface area contributed by atoms with Gasteiger partial charge in [0.1, 0.15) is 0 Å². The molecule has 0 N–H and O–H groups in total. The van der Waals surface area contributed by atoms with Crippen LogP contribution >= 0.6 is 10.7 Å². The molecule has 0 radical (unpaired) electrons. The monoisotopic (exact) mass is 232 g/mol. The molecular weight excluding hydrogens is 220 g/mol. The SMILES string of the molecule is Cc1cc(C(C)C)cc(S(=O)(=O)Cl)c1. The summed E-state index contributed by atoms with van der Waals surface area (Å²) >= 11 is 0. The summed E-state index contributed by atoms with van der Waals surface area (Å²) in [6.45, 7) is 5.89. The van der Waals surface area contributed by atoms with E-state index >= 15 is 0 Å². The third kappa shape index (κ3) is 2.72. The normalized spacial score (nSPS) is 12.1. The van der Waals surface area contributed by atoms with Gasteiger partial charge in [-0.15, -0.1) is 0 Å². The number of halogens is 1. The summed E-state index contributed by atoms with van der Waals surface area (Å²) in [5.74, 6) is 0.298. The Kier molecular flexibility index (Phi) is 3.22. The zero-order valence-electron chi connectivity index (χ0n) is 8.41. The molecule has 1 aromatic carbocycles. The fourth-order valence-electron chi connectivity index (χ4n) is 1.25. The topological polar surface area (TPSA) is 34.1 Å². The fourth-order valence-corrected chi connectivity index (χ4v) is 2.12. The molecule has 0 heterocycles. The van der Waals surface area contributed by atoms with Crippen LogP contribution in [-0.2, 0) is 9.05 Å². The highest BCUT2D eigenvalue weighted by Crippen LogP contribution is 2.23. The van der Waals surface area contributed by atoms with Crippen molar-refractivity contribution < 1.29 is 8.42 Å². The Morgan fingerprint density at radius 3 is 2.21 bits per heavy atom. The van der Waals surface area contributed by atoms with Crippen molar-refractivity contribution in [3.8, 4) is 0 Å². The van der Waals surface area contributed by atoms with E-state index < -0.39 is 9.05 Å². The highest BCUT2D eigenvalue weighted by Gasteiger charge is 2.12. The molecule has 0 unspecified atom stereocenters. The molecule has 0 aliphatic heterocycles. The van der Waals surface area contributed by atoms with Gasteiger partial charge in [-0.1, -0.05) is 19.9 Å². The van der Waals surface area contributed by atoms with Gasteiger partial charge in [0.05, 0.1) is 4.90 Å². The van der Waals surface area contributed by atoms with Gasteiger partial charge < -0.3 is 0 Å². The highest BCUT2D eigenvalue weighted by atomic mass is 35.7. The third-order valence-electron chi connectivity index (χ3n) is 2.02. The molecule has 0 aliphatic rings. The average Bonchev–Trinajstić information content (AvgIpc) is 2.01. The van der Waals surface area contributed by atoms with Gasteiger partial charge in [-0.25, -0.2) is 8.42 Å². The maximum absolute atomic E-state index is 11.1. The van der Waals surface area contributed by atoms with Crippen LogP contribution in [-0.4, -0.2) is 8.42 Å². The van der Waals surface area contributed by atoms with Gasteiger partial charge in [0.25, 0.3) is 9.05 Å². The Bertz CT molecular complexity index is 435. The van der Waals surface area contributed by atoms with E-state index in [-0.39, 0.29) is 4.90 Å². The standard InChI is InChI=1S/C10H13ClO2S/c1-7(2)9-4-8(3)5-10(6-9)14(11,12)13/h4-7H,1-3H3. The average molecular weight is 233 g/mol. The lowest BCUT2D eigenvalue weighted by atomic mass is 10.0. The summed E-state index contributed by atoms with van der Waals surface area (Å²) in [5.41, 5.74) is 1.90. The second-order valence-corrected chi connectivity index (χ2v) is 6.24. The molecule has 1 rings (SSSR count). The first-order valence-corrected chi connectivity index (χ1v) is 6.68. The maximum Gasteiger partial charge on any atom is 0.261 e. The minimum Gasteiger partial charge on any atom is -0.207 e. The van der Waals surface area contributed by atoms with Crippen LogP contribution in [0.1, 0.15) is 30.9 Å². The van der Waals surface area contributed by atoms with Crippen LogP contribution in [0.4, 0.5) is 0 Å².